The fourth-order valence-corrected chi connectivity index (χ4v) is 6.81. The number of nitrogens with zero attached hydrogens (tertiary/aromatic N) is 1. The highest BCUT2D eigenvalue weighted by molar-refractivity contribution is 7.31. The van der Waals surface area contributed by atoms with Crippen LogP contribution >= 0.6 is 8.24 Å². The van der Waals surface area contributed by atoms with E-state index in [2.05, 4.69) is 60.7 Å². The van der Waals surface area contributed by atoms with Gasteiger partial charge in [-0.3, -0.25) is 4.52 Å². The third-order valence-electron chi connectivity index (χ3n) is 7.42. The van der Waals surface area contributed by atoms with Crippen LogP contribution in [-0.4, -0.2) is 23.6 Å². The molecule has 5 nitrogen and oxygen atoms in total. The molecule has 2 heterocycles. The van der Waals surface area contributed by atoms with E-state index in [0.717, 1.165) is 49.0 Å². The van der Waals surface area contributed by atoms with Crippen LogP contribution in [0.4, 0.5) is 0 Å². The van der Waals surface area contributed by atoms with E-state index in [1.54, 1.807) is 0 Å². The van der Waals surface area contributed by atoms with Crippen LogP contribution in [0.25, 0.3) is 43.5 Å². The van der Waals surface area contributed by atoms with Crippen molar-refractivity contribution in [1.29, 1.82) is 0 Å². The maximum absolute atomic E-state index is 6.67. The highest BCUT2D eigenvalue weighted by Crippen LogP contribution is 2.42. The second-order valence-corrected chi connectivity index (χ2v) is 11.5. The summed E-state index contributed by atoms with van der Waals surface area (Å²) in [6.45, 7) is 6.08. The summed E-state index contributed by atoms with van der Waals surface area (Å²) in [4.78, 5) is 4.94. The Bertz CT molecular complexity index is 1830. The van der Waals surface area contributed by atoms with Crippen LogP contribution in [0.3, 0.4) is 0 Å². The van der Waals surface area contributed by atoms with Crippen molar-refractivity contribution in [3.8, 4) is 0 Å². The van der Waals surface area contributed by atoms with Gasteiger partial charge < -0.3 is 13.1 Å². The SMILES string of the molecule is C[C@@H]1OC(c2ccccc2)=N[C@@H]1C(C)(C)Op1oc2ccc3ccccc3c2c2c(ccc3ccccc32)o1. The van der Waals surface area contributed by atoms with Gasteiger partial charge in [0, 0.05) is 16.3 Å². The Kier molecular flexibility index (Phi) is 5.73. The van der Waals surface area contributed by atoms with Crippen LogP contribution < -0.4 is 4.52 Å². The topological polar surface area (TPSA) is 57.1 Å². The molecule has 7 rings (SSSR count). The van der Waals surface area contributed by atoms with Crippen molar-refractivity contribution in [2.24, 2.45) is 4.99 Å². The molecule has 6 aromatic rings. The zero-order valence-corrected chi connectivity index (χ0v) is 22.9. The van der Waals surface area contributed by atoms with Gasteiger partial charge >= 0.3 is 8.24 Å². The van der Waals surface area contributed by atoms with Crippen molar-refractivity contribution in [2.75, 3.05) is 0 Å². The molecular weight excluding hydrogens is 505 g/mol. The first kappa shape index (κ1) is 24.0. The van der Waals surface area contributed by atoms with E-state index < -0.39 is 13.8 Å². The summed E-state index contributed by atoms with van der Waals surface area (Å²) < 4.78 is 26.0. The molecule has 0 spiro atoms. The molecule has 1 aromatic heterocycles. The zero-order chi connectivity index (χ0) is 26.6. The van der Waals surface area contributed by atoms with Crippen molar-refractivity contribution >= 4 is 57.6 Å². The van der Waals surface area contributed by atoms with E-state index in [0.29, 0.717) is 5.90 Å². The molecule has 0 bridgehead atoms. The van der Waals surface area contributed by atoms with Crippen molar-refractivity contribution in [3.05, 3.63) is 109 Å². The summed E-state index contributed by atoms with van der Waals surface area (Å²) in [5.74, 6) is 0.633. The van der Waals surface area contributed by atoms with Gasteiger partial charge in [0.1, 0.15) is 28.9 Å². The van der Waals surface area contributed by atoms with Crippen LogP contribution in [0.15, 0.2) is 117 Å². The van der Waals surface area contributed by atoms with Gasteiger partial charge in [-0.2, -0.15) is 0 Å². The summed E-state index contributed by atoms with van der Waals surface area (Å²) in [7, 11) is -1.80. The Morgan fingerprint density at radius 3 is 1.82 bits per heavy atom. The largest absolute Gasteiger partial charge is 0.472 e. The van der Waals surface area contributed by atoms with Crippen molar-refractivity contribution in [1.82, 2.24) is 0 Å². The first-order chi connectivity index (χ1) is 19.0. The second-order valence-electron chi connectivity index (χ2n) is 10.5. The molecule has 39 heavy (non-hydrogen) atoms. The van der Waals surface area contributed by atoms with Gasteiger partial charge in [0.05, 0.1) is 0 Å². The van der Waals surface area contributed by atoms with E-state index in [9.17, 15) is 0 Å². The molecule has 1 aliphatic heterocycles. The van der Waals surface area contributed by atoms with Gasteiger partial charge in [-0.1, -0.05) is 78.9 Å². The van der Waals surface area contributed by atoms with Crippen molar-refractivity contribution in [3.63, 3.8) is 0 Å². The summed E-state index contributed by atoms with van der Waals surface area (Å²) >= 11 is 0. The maximum atomic E-state index is 6.67. The minimum Gasteiger partial charge on any atom is -0.472 e. The molecule has 0 unspecified atom stereocenters. The average molecular weight is 534 g/mol. The van der Waals surface area contributed by atoms with Crippen LogP contribution in [0.2, 0.25) is 0 Å². The fourth-order valence-electron chi connectivity index (χ4n) is 5.58. The average Bonchev–Trinajstić information content (AvgIpc) is 3.28. The molecule has 0 fully saturated rings. The lowest BCUT2D eigenvalue weighted by atomic mass is 9.96. The number of hydrogen-bond acceptors (Lipinski definition) is 5. The van der Waals surface area contributed by atoms with Crippen LogP contribution in [0.1, 0.15) is 26.3 Å². The molecule has 0 radical (unpaired) electrons. The van der Waals surface area contributed by atoms with Gasteiger partial charge in [0.2, 0.25) is 5.90 Å². The Balaban J connectivity index is 1.42. The quantitative estimate of drug-likeness (QED) is 0.227. The normalized spacial score (nSPS) is 17.6. The lowest BCUT2D eigenvalue weighted by molar-refractivity contribution is 0.0759. The van der Waals surface area contributed by atoms with Gasteiger partial charge in [-0.05, 0) is 66.6 Å². The van der Waals surface area contributed by atoms with E-state index >= 15 is 0 Å². The lowest BCUT2D eigenvalue weighted by Crippen LogP contribution is -2.44. The third kappa shape index (κ3) is 4.19. The lowest BCUT2D eigenvalue weighted by Gasteiger charge is -2.29. The molecular formula is C33H28NO4P. The predicted molar refractivity (Wildman–Crippen MR) is 159 cm³/mol. The minimum atomic E-state index is -1.80. The molecule has 1 aliphatic rings. The number of ether oxygens (including phenoxy) is 1. The Morgan fingerprint density at radius 1 is 0.692 bits per heavy atom. The highest BCUT2D eigenvalue weighted by atomic mass is 31.1. The van der Waals surface area contributed by atoms with Crippen molar-refractivity contribution < 1.29 is 17.7 Å². The molecule has 0 aliphatic carbocycles. The van der Waals surface area contributed by atoms with Gasteiger partial charge in [-0.25, -0.2) is 4.99 Å². The number of fused-ring (bicyclic) bond motifs is 7. The molecule has 0 amide bonds. The zero-order valence-electron chi connectivity index (χ0n) is 22.0. The van der Waals surface area contributed by atoms with Crippen molar-refractivity contribution in [2.45, 2.75) is 38.5 Å². The molecule has 0 N–H and O–H groups in total. The summed E-state index contributed by atoms with van der Waals surface area (Å²) in [6, 6.07) is 34.7. The Hall–Kier alpha value is -4.05. The molecule has 6 heteroatoms. The predicted octanol–water partition coefficient (Wildman–Crippen LogP) is 9.04. The second kappa shape index (κ2) is 9.30. The number of rotatable bonds is 4. The molecule has 194 valence electrons. The van der Waals surface area contributed by atoms with Gasteiger partial charge in [0.15, 0.2) is 0 Å². The van der Waals surface area contributed by atoms with E-state index in [1.807, 2.05) is 63.2 Å². The molecule has 0 saturated carbocycles. The fraction of sp³-hybridized carbons (Fsp3) is 0.182. The van der Waals surface area contributed by atoms with E-state index in [4.69, 9.17) is 22.6 Å². The Labute approximate surface area is 227 Å². The summed E-state index contributed by atoms with van der Waals surface area (Å²) in [5, 5.41) is 6.56. The molecule has 0 saturated heterocycles. The standard InChI is InChI=1S/C33H28NO4P/c1-21-31(34-32(35-21)24-13-5-4-6-14-24)33(2,3)38-39-36-27-19-17-22-11-7-9-15-25(22)29(27)30-26-16-10-8-12-23(26)18-20-28(30)37-39/h4-21,31H,1-3H3/t21-,31-/m0/s1. The van der Waals surface area contributed by atoms with Crippen LogP contribution in [-0.2, 0) is 4.74 Å². The van der Waals surface area contributed by atoms with Gasteiger partial charge in [-0.15, -0.1) is 0 Å². The first-order valence-electron chi connectivity index (χ1n) is 13.2. The Morgan fingerprint density at radius 2 is 1.23 bits per heavy atom. The molecule has 5 aromatic carbocycles. The van der Waals surface area contributed by atoms with Gasteiger partial charge in [0.25, 0.3) is 0 Å². The third-order valence-corrected chi connectivity index (χ3v) is 8.73. The number of hydrogen-bond donors (Lipinski definition) is 0. The van der Waals surface area contributed by atoms with Crippen LogP contribution in [0, 0.1) is 0 Å². The first-order valence-corrected chi connectivity index (χ1v) is 14.3. The summed E-state index contributed by atoms with van der Waals surface area (Å²) in [5.41, 5.74) is 1.72. The minimum absolute atomic E-state index is 0.162. The smallest absolute Gasteiger partial charge is 0.388 e. The molecule has 2 atom stereocenters. The maximum Gasteiger partial charge on any atom is 0.388 e. The van der Waals surface area contributed by atoms with Crippen LogP contribution in [0.5, 0.6) is 0 Å². The monoisotopic (exact) mass is 533 g/mol. The highest BCUT2D eigenvalue weighted by Gasteiger charge is 2.42. The number of aliphatic imine (C=N–C) groups is 1. The number of benzene rings is 5. The van der Waals surface area contributed by atoms with E-state index in [1.165, 1.54) is 0 Å². The van der Waals surface area contributed by atoms with E-state index in [-0.39, 0.29) is 12.1 Å². The summed E-state index contributed by atoms with van der Waals surface area (Å²) in [6.07, 6.45) is -0.162.